The molecule has 0 aliphatic carbocycles. The van der Waals surface area contributed by atoms with Gasteiger partial charge in [-0.2, -0.15) is 0 Å². The van der Waals surface area contributed by atoms with E-state index in [-0.39, 0.29) is 11.9 Å². The molecule has 7 heterocycles. The minimum Gasteiger partial charge on any atom is -0.463 e. The zero-order valence-electron chi connectivity index (χ0n) is 22.1. The maximum Gasteiger partial charge on any atom is 0.254 e. The number of hydrogen-bond acceptors (Lipinski definition) is 8. The molecule has 1 fully saturated rings. The number of carbonyl (C=O) groups excluding carboxylic acids is 1. The number of amides is 1. The van der Waals surface area contributed by atoms with Crippen LogP contribution in [0, 0.1) is 0 Å². The first-order valence-corrected chi connectivity index (χ1v) is 13.1. The molecule has 10 heteroatoms. The number of ether oxygens (including phenoxy) is 1. The largest absolute Gasteiger partial charge is 0.463 e. The van der Waals surface area contributed by atoms with Gasteiger partial charge in [-0.1, -0.05) is 6.07 Å². The Labute approximate surface area is 225 Å². The average molecular weight is 524 g/mol. The lowest BCUT2D eigenvalue weighted by molar-refractivity contribution is 0.0959. The Bertz CT molecular complexity index is 1730. The van der Waals surface area contributed by atoms with Crippen LogP contribution >= 0.6 is 0 Å². The summed E-state index contributed by atoms with van der Waals surface area (Å²) in [6.45, 7) is 4.19. The number of aromatic nitrogens is 4. The van der Waals surface area contributed by atoms with Gasteiger partial charge in [0.15, 0.2) is 5.58 Å². The van der Waals surface area contributed by atoms with Gasteiger partial charge in [0.2, 0.25) is 0 Å². The van der Waals surface area contributed by atoms with Crippen molar-refractivity contribution in [3.63, 3.8) is 0 Å². The molecule has 1 unspecified atom stereocenters. The van der Waals surface area contributed by atoms with E-state index in [1.54, 1.807) is 18.7 Å². The van der Waals surface area contributed by atoms with Crippen molar-refractivity contribution in [3.8, 4) is 11.4 Å². The molecule has 5 aromatic heterocycles. The molecule has 2 atom stereocenters. The van der Waals surface area contributed by atoms with Crippen LogP contribution in [0.4, 0.5) is 11.5 Å². The summed E-state index contributed by atoms with van der Waals surface area (Å²) in [7, 11) is 4.07. The molecule has 0 radical (unpaired) electrons. The van der Waals surface area contributed by atoms with Crippen molar-refractivity contribution >= 4 is 34.2 Å². The summed E-state index contributed by atoms with van der Waals surface area (Å²) in [6, 6.07) is 9.62. The van der Waals surface area contributed by atoms with Gasteiger partial charge >= 0.3 is 0 Å². The molecule has 0 aromatic carbocycles. The number of carbonyl (C=O) groups is 1. The Kier molecular flexibility index (Phi) is 5.60. The second-order valence-corrected chi connectivity index (χ2v) is 10.5. The van der Waals surface area contributed by atoms with E-state index in [0.29, 0.717) is 35.2 Å². The van der Waals surface area contributed by atoms with Gasteiger partial charge in [0, 0.05) is 30.7 Å². The lowest BCUT2D eigenvalue weighted by atomic mass is 9.96. The van der Waals surface area contributed by atoms with Gasteiger partial charge in [0.25, 0.3) is 5.91 Å². The summed E-state index contributed by atoms with van der Waals surface area (Å²) < 4.78 is 13.3. The molecule has 0 bridgehead atoms. The SMILES string of the molecule is C[C@@H]1NC(=O)c2c(Nc3ccc(C4CCOC4)c(CN(C)C)n3)cnc(-c3cnc4ccc5occc5n34)c21. The van der Waals surface area contributed by atoms with Crippen LogP contribution in [0.1, 0.15) is 52.5 Å². The van der Waals surface area contributed by atoms with E-state index >= 15 is 0 Å². The Balaban J connectivity index is 1.32. The van der Waals surface area contributed by atoms with Crippen molar-refractivity contribution in [2.45, 2.75) is 31.8 Å². The van der Waals surface area contributed by atoms with Crippen molar-refractivity contribution in [2.75, 3.05) is 32.6 Å². The van der Waals surface area contributed by atoms with Gasteiger partial charge in [0.1, 0.15) is 11.5 Å². The molecule has 0 spiro atoms. The molecule has 10 nitrogen and oxygen atoms in total. The number of anilines is 2. The number of hydrogen-bond donors (Lipinski definition) is 2. The molecule has 0 saturated carbocycles. The van der Waals surface area contributed by atoms with Crippen LogP contribution in [0.25, 0.3) is 28.1 Å². The van der Waals surface area contributed by atoms with Crippen LogP contribution in [-0.2, 0) is 11.3 Å². The highest BCUT2D eigenvalue weighted by atomic mass is 16.5. The summed E-state index contributed by atoms with van der Waals surface area (Å²) in [5.41, 5.74) is 8.21. The van der Waals surface area contributed by atoms with Crippen LogP contribution in [0.2, 0.25) is 0 Å². The topological polar surface area (TPSA) is 110 Å². The first-order chi connectivity index (χ1) is 19.0. The number of nitrogens with zero attached hydrogens (tertiary/aromatic N) is 5. The van der Waals surface area contributed by atoms with Gasteiger partial charge in [-0.05, 0) is 51.2 Å². The van der Waals surface area contributed by atoms with Gasteiger partial charge in [-0.3, -0.25) is 14.2 Å². The fourth-order valence-corrected chi connectivity index (χ4v) is 5.81. The standard InChI is InChI=1S/C29H29N7O3/c1-16-26-27(29(37)32-16)19(33-24-6-4-18(17-8-10-38-15-17)20(34-24)14-35(2)3)12-31-28(26)22-13-30-25-7-5-23-21(36(22)25)9-11-39-23/h4-7,9,11-13,16-17H,8,10,14-15H2,1-3H3,(H,32,37)(H,33,34)/t16-,17?/m0/s1. The van der Waals surface area contributed by atoms with Gasteiger partial charge in [-0.15, -0.1) is 0 Å². The maximum atomic E-state index is 13.2. The third kappa shape index (κ3) is 3.95. The second-order valence-electron chi connectivity index (χ2n) is 10.5. The molecular weight excluding hydrogens is 494 g/mol. The predicted molar refractivity (Wildman–Crippen MR) is 147 cm³/mol. The lowest BCUT2D eigenvalue weighted by Crippen LogP contribution is -2.17. The first kappa shape index (κ1) is 23.8. The van der Waals surface area contributed by atoms with Crippen LogP contribution in [0.3, 0.4) is 0 Å². The van der Waals surface area contributed by atoms with Crippen molar-refractivity contribution < 1.29 is 13.9 Å². The van der Waals surface area contributed by atoms with E-state index in [1.807, 2.05) is 49.7 Å². The monoisotopic (exact) mass is 523 g/mol. The van der Waals surface area contributed by atoms with E-state index in [0.717, 1.165) is 53.3 Å². The molecule has 1 saturated heterocycles. The van der Waals surface area contributed by atoms with Gasteiger partial charge in [-0.25, -0.2) is 9.97 Å². The minimum absolute atomic E-state index is 0.140. The molecule has 5 aromatic rings. The summed E-state index contributed by atoms with van der Waals surface area (Å²) in [5.74, 6) is 0.887. The van der Waals surface area contributed by atoms with Crippen LogP contribution in [0.15, 0.2) is 53.4 Å². The van der Waals surface area contributed by atoms with Gasteiger partial charge in [0.05, 0.1) is 65.2 Å². The maximum absolute atomic E-state index is 13.2. The van der Waals surface area contributed by atoms with Gasteiger partial charge < -0.3 is 24.7 Å². The van der Waals surface area contributed by atoms with Crippen LogP contribution in [0.5, 0.6) is 0 Å². The number of fused-ring (bicyclic) bond motifs is 4. The Hall–Kier alpha value is -4.28. The normalized spacial score (nSPS) is 18.8. The zero-order valence-corrected chi connectivity index (χ0v) is 22.1. The van der Waals surface area contributed by atoms with E-state index in [9.17, 15) is 4.79 Å². The molecule has 1 amide bonds. The van der Waals surface area contributed by atoms with Crippen LogP contribution in [-0.4, -0.2) is 57.5 Å². The van der Waals surface area contributed by atoms with Crippen molar-refractivity contribution in [1.82, 2.24) is 29.6 Å². The van der Waals surface area contributed by atoms with E-state index < -0.39 is 0 Å². The molecule has 39 heavy (non-hydrogen) atoms. The van der Waals surface area contributed by atoms with Crippen molar-refractivity contribution in [1.29, 1.82) is 0 Å². The summed E-state index contributed by atoms with van der Waals surface area (Å²) in [5, 5.41) is 6.47. The highest BCUT2D eigenvalue weighted by molar-refractivity contribution is 6.06. The van der Waals surface area contributed by atoms with E-state index in [2.05, 4.69) is 26.6 Å². The van der Waals surface area contributed by atoms with Crippen molar-refractivity contribution in [3.05, 3.63) is 71.4 Å². The smallest absolute Gasteiger partial charge is 0.254 e. The molecule has 2 aliphatic heterocycles. The fourth-order valence-electron chi connectivity index (χ4n) is 5.81. The van der Waals surface area contributed by atoms with E-state index in [4.69, 9.17) is 19.1 Å². The third-order valence-electron chi connectivity index (χ3n) is 7.56. The van der Waals surface area contributed by atoms with Crippen LogP contribution < -0.4 is 10.6 Å². The third-order valence-corrected chi connectivity index (χ3v) is 7.56. The average Bonchev–Trinajstić information content (AvgIpc) is 3.71. The fraction of sp³-hybridized carbons (Fsp3) is 0.310. The molecule has 7 rings (SSSR count). The molecule has 198 valence electrons. The Morgan fingerprint density at radius 2 is 2.05 bits per heavy atom. The van der Waals surface area contributed by atoms with E-state index in [1.165, 1.54) is 5.56 Å². The number of imidazole rings is 1. The number of furan rings is 1. The highest BCUT2D eigenvalue weighted by Crippen LogP contribution is 2.39. The number of rotatable bonds is 6. The molecular formula is C29H29N7O3. The molecule has 2 N–H and O–H groups in total. The quantitative estimate of drug-likeness (QED) is 0.331. The van der Waals surface area contributed by atoms with Crippen molar-refractivity contribution in [2.24, 2.45) is 0 Å². The Morgan fingerprint density at radius 3 is 2.87 bits per heavy atom. The second kappa shape index (κ2) is 9.18. The number of nitrogens with one attached hydrogen (secondary N) is 2. The Morgan fingerprint density at radius 1 is 1.15 bits per heavy atom. The molecule has 2 aliphatic rings. The lowest BCUT2D eigenvalue weighted by Gasteiger charge is -2.19. The minimum atomic E-state index is -0.215. The zero-order chi connectivity index (χ0) is 26.7. The number of pyridine rings is 3. The summed E-state index contributed by atoms with van der Waals surface area (Å²) in [6.07, 6.45) is 6.18. The highest BCUT2D eigenvalue weighted by Gasteiger charge is 2.33. The predicted octanol–water partition coefficient (Wildman–Crippen LogP) is 4.65. The first-order valence-electron chi connectivity index (χ1n) is 13.1. The summed E-state index contributed by atoms with van der Waals surface area (Å²) in [4.78, 5) is 29.8. The summed E-state index contributed by atoms with van der Waals surface area (Å²) >= 11 is 0.